The minimum Gasteiger partial charge on any atom is -0.462 e. The molecule has 0 saturated carbocycles. The largest absolute Gasteiger partial charge is 0.462 e. The first-order chi connectivity index (χ1) is 5.33. The summed E-state index contributed by atoms with van der Waals surface area (Å²) in [4.78, 5) is 10.5. The van der Waals surface area contributed by atoms with Gasteiger partial charge in [-0.25, -0.2) is 4.79 Å². The first kappa shape index (κ1) is 8.27. The van der Waals surface area contributed by atoms with Crippen LogP contribution in [0.15, 0.2) is 12.7 Å². The van der Waals surface area contributed by atoms with Crippen LogP contribution >= 0.6 is 0 Å². The molecule has 0 amide bonds. The topological polar surface area (TPSA) is 35.5 Å². The molecule has 0 spiro atoms. The van der Waals surface area contributed by atoms with Crippen molar-refractivity contribution >= 4 is 5.97 Å². The van der Waals surface area contributed by atoms with Crippen LogP contribution in [0, 0.1) is 0 Å². The van der Waals surface area contributed by atoms with Gasteiger partial charge in [-0.2, -0.15) is 0 Å². The first-order valence-electron chi connectivity index (χ1n) is 3.73. The van der Waals surface area contributed by atoms with Crippen LogP contribution in [0.4, 0.5) is 0 Å². The van der Waals surface area contributed by atoms with E-state index in [4.69, 9.17) is 9.47 Å². The summed E-state index contributed by atoms with van der Waals surface area (Å²) < 4.78 is 9.89. The molecule has 1 aliphatic heterocycles. The third-order valence-corrected chi connectivity index (χ3v) is 1.64. The molecule has 0 N–H and O–H groups in total. The van der Waals surface area contributed by atoms with Crippen molar-refractivity contribution in [2.75, 3.05) is 13.2 Å². The summed E-state index contributed by atoms with van der Waals surface area (Å²) >= 11 is 0. The van der Waals surface area contributed by atoms with Crippen LogP contribution in [0.5, 0.6) is 0 Å². The Labute approximate surface area is 66.0 Å². The molecule has 62 valence electrons. The summed E-state index contributed by atoms with van der Waals surface area (Å²) in [7, 11) is 0. The molecule has 1 saturated heterocycles. The minimum absolute atomic E-state index is 0.313. The van der Waals surface area contributed by atoms with Crippen LogP contribution in [-0.2, 0) is 14.3 Å². The molecule has 0 aliphatic carbocycles. The third kappa shape index (κ3) is 2.72. The zero-order valence-electron chi connectivity index (χ0n) is 6.41. The van der Waals surface area contributed by atoms with E-state index < -0.39 is 0 Å². The van der Waals surface area contributed by atoms with Crippen molar-refractivity contribution in [2.24, 2.45) is 0 Å². The Morgan fingerprint density at radius 1 is 1.82 bits per heavy atom. The van der Waals surface area contributed by atoms with Gasteiger partial charge in [-0.1, -0.05) is 6.58 Å². The summed E-state index contributed by atoms with van der Waals surface area (Å²) in [5.41, 5.74) is 0. The van der Waals surface area contributed by atoms with Crippen LogP contribution in [0.2, 0.25) is 0 Å². The van der Waals surface area contributed by atoms with Crippen molar-refractivity contribution in [3.8, 4) is 0 Å². The van der Waals surface area contributed by atoms with Gasteiger partial charge < -0.3 is 9.47 Å². The highest BCUT2D eigenvalue weighted by atomic mass is 16.5. The molecule has 1 aliphatic rings. The Morgan fingerprint density at radius 2 is 2.55 bits per heavy atom. The van der Waals surface area contributed by atoms with Gasteiger partial charge in [0.25, 0.3) is 0 Å². The number of hydrogen-bond donors (Lipinski definition) is 0. The van der Waals surface area contributed by atoms with Crippen molar-refractivity contribution in [1.29, 1.82) is 0 Å². The predicted molar refractivity (Wildman–Crippen MR) is 40.1 cm³/mol. The van der Waals surface area contributed by atoms with Crippen molar-refractivity contribution in [3.05, 3.63) is 12.7 Å². The van der Waals surface area contributed by atoms with Gasteiger partial charge >= 0.3 is 5.97 Å². The maximum atomic E-state index is 10.5. The smallest absolute Gasteiger partial charge is 0.330 e. The van der Waals surface area contributed by atoms with E-state index in [9.17, 15) is 4.79 Å². The van der Waals surface area contributed by atoms with E-state index in [1.165, 1.54) is 6.08 Å². The summed E-state index contributed by atoms with van der Waals surface area (Å²) in [5.74, 6) is -0.357. The van der Waals surface area contributed by atoms with Crippen LogP contribution in [0.1, 0.15) is 12.8 Å². The normalized spacial score (nSPS) is 22.0. The number of esters is 1. The highest BCUT2D eigenvalue weighted by Gasteiger charge is 2.17. The lowest BCUT2D eigenvalue weighted by Crippen LogP contribution is -2.28. The Bertz CT molecular complexity index is 149. The molecule has 3 heteroatoms. The third-order valence-electron chi connectivity index (χ3n) is 1.64. The van der Waals surface area contributed by atoms with Crippen LogP contribution in [0.3, 0.4) is 0 Å². The Hall–Kier alpha value is -0.830. The van der Waals surface area contributed by atoms with Gasteiger partial charge in [0.05, 0.1) is 12.7 Å². The van der Waals surface area contributed by atoms with Crippen LogP contribution in [-0.4, -0.2) is 25.3 Å². The second kappa shape index (κ2) is 4.13. The number of rotatable bonds is 4. The summed E-state index contributed by atoms with van der Waals surface area (Å²) in [6, 6.07) is 0. The molecule has 1 rings (SSSR count). The highest BCUT2D eigenvalue weighted by Crippen LogP contribution is 2.14. The van der Waals surface area contributed by atoms with Gasteiger partial charge in [0.15, 0.2) is 0 Å². The molecule has 0 bridgehead atoms. The average molecular weight is 156 g/mol. The molecular formula is C8H12O3. The molecule has 1 atom stereocenters. The molecule has 0 aromatic rings. The fourth-order valence-electron chi connectivity index (χ4n) is 0.862. The number of hydrogen-bond acceptors (Lipinski definition) is 3. The van der Waals surface area contributed by atoms with E-state index in [1.54, 1.807) is 0 Å². The molecule has 0 aromatic carbocycles. The fourth-order valence-corrected chi connectivity index (χ4v) is 0.862. The SMILES string of the molecule is C=CC(=O)OCCC1CCO1. The predicted octanol–water partition coefficient (Wildman–Crippen LogP) is 0.895. The Morgan fingerprint density at radius 3 is 3.00 bits per heavy atom. The molecule has 1 fully saturated rings. The van der Waals surface area contributed by atoms with Crippen molar-refractivity contribution in [1.82, 2.24) is 0 Å². The molecular weight excluding hydrogens is 144 g/mol. The molecule has 0 aromatic heterocycles. The maximum Gasteiger partial charge on any atom is 0.330 e. The van der Waals surface area contributed by atoms with Gasteiger partial charge in [-0.15, -0.1) is 0 Å². The Kier molecular flexibility index (Phi) is 3.11. The van der Waals surface area contributed by atoms with E-state index >= 15 is 0 Å². The average Bonchev–Trinajstić information content (AvgIpc) is 1.94. The van der Waals surface area contributed by atoms with Gasteiger partial charge in [-0.05, 0) is 6.42 Å². The van der Waals surface area contributed by atoms with E-state index in [-0.39, 0.29) is 5.97 Å². The van der Waals surface area contributed by atoms with Gasteiger partial charge in [-0.3, -0.25) is 0 Å². The van der Waals surface area contributed by atoms with Gasteiger partial charge in [0.1, 0.15) is 0 Å². The molecule has 1 heterocycles. The van der Waals surface area contributed by atoms with E-state index in [0.717, 1.165) is 19.4 Å². The number of carbonyl (C=O) groups excluding carboxylic acids is 1. The monoisotopic (exact) mass is 156 g/mol. The first-order valence-corrected chi connectivity index (χ1v) is 3.73. The summed E-state index contributed by atoms with van der Waals surface area (Å²) in [6.45, 7) is 4.57. The molecule has 1 unspecified atom stereocenters. The second-order valence-corrected chi connectivity index (χ2v) is 2.44. The lowest BCUT2D eigenvalue weighted by Gasteiger charge is -2.25. The minimum atomic E-state index is -0.357. The van der Waals surface area contributed by atoms with Crippen LogP contribution in [0.25, 0.3) is 0 Å². The highest BCUT2D eigenvalue weighted by molar-refractivity contribution is 5.81. The summed E-state index contributed by atoms with van der Waals surface area (Å²) in [5, 5.41) is 0. The zero-order chi connectivity index (χ0) is 8.10. The fraction of sp³-hybridized carbons (Fsp3) is 0.625. The van der Waals surface area contributed by atoms with Gasteiger partial charge in [0, 0.05) is 19.1 Å². The van der Waals surface area contributed by atoms with Gasteiger partial charge in [0.2, 0.25) is 0 Å². The number of ether oxygens (including phenoxy) is 2. The standard InChI is InChI=1S/C8H12O3/c1-2-8(9)11-6-4-7-3-5-10-7/h2,7H,1,3-6H2. The lowest BCUT2D eigenvalue weighted by molar-refractivity contribution is -0.140. The number of carbonyl (C=O) groups is 1. The zero-order valence-corrected chi connectivity index (χ0v) is 6.41. The molecule has 0 radical (unpaired) electrons. The van der Waals surface area contributed by atoms with E-state index in [2.05, 4.69) is 6.58 Å². The quantitative estimate of drug-likeness (QED) is 0.448. The maximum absolute atomic E-state index is 10.5. The van der Waals surface area contributed by atoms with E-state index in [0.29, 0.717) is 12.7 Å². The molecule has 11 heavy (non-hydrogen) atoms. The van der Waals surface area contributed by atoms with Crippen molar-refractivity contribution in [2.45, 2.75) is 18.9 Å². The van der Waals surface area contributed by atoms with Crippen molar-refractivity contribution in [3.63, 3.8) is 0 Å². The van der Waals surface area contributed by atoms with Crippen LogP contribution < -0.4 is 0 Å². The van der Waals surface area contributed by atoms with Crippen molar-refractivity contribution < 1.29 is 14.3 Å². The Balaban J connectivity index is 1.94. The summed E-state index contributed by atoms with van der Waals surface area (Å²) in [6.07, 6.45) is 3.37. The second-order valence-electron chi connectivity index (χ2n) is 2.44. The lowest BCUT2D eigenvalue weighted by atomic mass is 10.1. The van der Waals surface area contributed by atoms with E-state index in [1.807, 2.05) is 0 Å². The molecule has 3 nitrogen and oxygen atoms in total.